The first-order valence-electron chi connectivity index (χ1n) is 8.85. The first-order valence-corrected chi connectivity index (χ1v) is 8.85. The Morgan fingerprint density at radius 3 is 2.52 bits per heavy atom. The number of rotatable bonds is 6. The minimum Gasteiger partial charge on any atom is -0.493 e. The number of fused-ring (bicyclic) bond motifs is 1. The van der Waals surface area contributed by atoms with Gasteiger partial charge in [-0.1, -0.05) is 19.9 Å². The second-order valence-electron chi connectivity index (χ2n) is 6.47. The van der Waals surface area contributed by atoms with E-state index in [0.717, 1.165) is 5.56 Å². The molecule has 0 spiro atoms. The van der Waals surface area contributed by atoms with E-state index in [1.807, 2.05) is 32.0 Å². The fourth-order valence-corrected chi connectivity index (χ4v) is 2.78. The van der Waals surface area contributed by atoms with Crippen LogP contribution in [0.2, 0.25) is 0 Å². The summed E-state index contributed by atoms with van der Waals surface area (Å²) >= 11 is 0. The van der Waals surface area contributed by atoms with Crippen molar-refractivity contribution in [2.75, 3.05) is 33.0 Å². The molecule has 1 atom stereocenters. The number of hydrogen-bond donors (Lipinski definition) is 1. The molecule has 2 heterocycles. The summed E-state index contributed by atoms with van der Waals surface area (Å²) in [6, 6.07) is 5.32. The molecule has 3 rings (SSSR count). The van der Waals surface area contributed by atoms with Crippen LogP contribution in [-0.4, -0.2) is 44.9 Å². The Labute approximate surface area is 157 Å². The van der Waals surface area contributed by atoms with Gasteiger partial charge in [0.1, 0.15) is 32.7 Å². The molecule has 0 radical (unpaired) electrons. The highest BCUT2D eigenvalue weighted by Crippen LogP contribution is 2.34. The van der Waals surface area contributed by atoms with Gasteiger partial charge in [-0.25, -0.2) is 4.79 Å². The molecule has 0 bridgehead atoms. The zero-order valence-electron chi connectivity index (χ0n) is 15.4. The number of carbonyl (C=O) groups is 2. The normalized spacial score (nSPS) is 16.5. The fraction of sp³-hybridized carbons (Fsp3) is 0.474. The van der Waals surface area contributed by atoms with Crippen LogP contribution in [0, 0.1) is 5.92 Å². The molecule has 0 aliphatic carbocycles. The summed E-state index contributed by atoms with van der Waals surface area (Å²) in [6.45, 7) is 5.24. The lowest BCUT2D eigenvalue weighted by Gasteiger charge is -2.25. The van der Waals surface area contributed by atoms with Gasteiger partial charge in [0.15, 0.2) is 18.1 Å². The molecule has 0 fully saturated rings. The molecule has 0 aromatic heterocycles. The van der Waals surface area contributed by atoms with Gasteiger partial charge < -0.3 is 29.0 Å². The molecule has 2 aliphatic rings. The van der Waals surface area contributed by atoms with E-state index in [2.05, 4.69) is 5.32 Å². The highest BCUT2D eigenvalue weighted by Gasteiger charge is 2.23. The van der Waals surface area contributed by atoms with Crippen LogP contribution < -0.4 is 14.8 Å². The largest absolute Gasteiger partial charge is 0.493 e. The number of nitrogens with one attached hydrogen (secondary N) is 1. The van der Waals surface area contributed by atoms with Crippen LogP contribution in [0.25, 0.3) is 0 Å². The lowest BCUT2D eigenvalue weighted by Crippen LogP contribution is -2.35. The number of ether oxygens (including phenoxy) is 5. The molecular weight excluding hydrogens is 354 g/mol. The first-order chi connectivity index (χ1) is 13.0. The Bertz CT molecular complexity index is 729. The van der Waals surface area contributed by atoms with Crippen molar-refractivity contribution in [3.8, 4) is 11.5 Å². The van der Waals surface area contributed by atoms with Crippen molar-refractivity contribution in [3.63, 3.8) is 0 Å². The maximum absolute atomic E-state index is 12.3. The summed E-state index contributed by atoms with van der Waals surface area (Å²) in [5, 5.41) is 2.89. The summed E-state index contributed by atoms with van der Waals surface area (Å²) in [7, 11) is 0. The number of esters is 1. The second kappa shape index (κ2) is 8.66. The monoisotopic (exact) mass is 377 g/mol. The van der Waals surface area contributed by atoms with E-state index in [1.165, 1.54) is 6.26 Å². The van der Waals surface area contributed by atoms with Gasteiger partial charge in [-0.05, 0) is 23.6 Å². The highest BCUT2D eigenvalue weighted by molar-refractivity contribution is 5.88. The van der Waals surface area contributed by atoms with Crippen molar-refractivity contribution in [1.29, 1.82) is 0 Å². The zero-order chi connectivity index (χ0) is 19.2. The summed E-state index contributed by atoms with van der Waals surface area (Å²) in [5.41, 5.74) is 0.889. The van der Waals surface area contributed by atoms with Crippen molar-refractivity contribution in [3.05, 3.63) is 35.8 Å². The van der Waals surface area contributed by atoms with E-state index in [0.29, 0.717) is 31.3 Å². The molecule has 0 unspecified atom stereocenters. The second-order valence-corrected chi connectivity index (χ2v) is 6.47. The third-order valence-corrected chi connectivity index (χ3v) is 4.09. The summed E-state index contributed by atoms with van der Waals surface area (Å²) in [5.74, 6) is 0.285. The number of amides is 1. The molecular formula is C19H23NO7. The van der Waals surface area contributed by atoms with E-state index in [4.69, 9.17) is 23.7 Å². The van der Waals surface area contributed by atoms with Crippen molar-refractivity contribution < 1.29 is 33.3 Å². The molecule has 0 saturated heterocycles. The van der Waals surface area contributed by atoms with E-state index in [-0.39, 0.29) is 24.3 Å². The summed E-state index contributed by atoms with van der Waals surface area (Å²) in [6.07, 6.45) is 1.19. The van der Waals surface area contributed by atoms with Crippen LogP contribution in [0.4, 0.5) is 0 Å². The average molecular weight is 377 g/mol. The zero-order valence-corrected chi connectivity index (χ0v) is 15.4. The van der Waals surface area contributed by atoms with Crippen LogP contribution in [0.15, 0.2) is 30.2 Å². The van der Waals surface area contributed by atoms with Crippen LogP contribution in [-0.2, 0) is 23.8 Å². The molecule has 146 valence electrons. The van der Waals surface area contributed by atoms with Crippen molar-refractivity contribution >= 4 is 11.9 Å². The van der Waals surface area contributed by atoms with Gasteiger partial charge in [-0.2, -0.15) is 0 Å². The van der Waals surface area contributed by atoms with Crippen LogP contribution in [0.1, 0.15) is 25.5 Å². The predicted octanol–water partition coefficient (Wildman–Crippen LogP) is 1.70. The van der Waals surface area contributed by atoms with E-state index < -0.39 is 18.5 Å². The van der Waals surface area contributed by atoms with E-state index >= 15 is 0 Å². The maximum Gasteiger partial charge on any atom is 0.377 e. The van der Waals surface area contributed by atoms with Gasteiger partial charge in [0, 0.05) is 0 Å². The molecule has 8 heteroatoms. The van der Waals surface area contributed by atoms with Crippen LogP contribution in [0.5, 0.6) is 11.5 Å². The molecule has 2 aliphatic heterocycles. The SMILES string of the molecule is CC(C)[C@H](NC(=O)COC(=O)C1=COCCO1)c1ccc2c(c1)OCCO2. The molecule has 1 amide bonds. The van der Waals surface area contributed by atoms with Gasteiger partial charge >= 0.3 is 5.97 Å². The molecule has 1 N–H and O–H groups in total. The Kier molecular flexibility index (Phi) is 6.05. The lowest BCUT2D eigenvalue weighted by atomic mass is 9.95. The fourth-order valence-electron chi connectivity index (χ4n) is 2.78. The summed E-state index contributed by atoms with van der Waals surface area (Å²) < 4.78 is 26.2. The molecule has 8 nitrogen and oxygen atoms in total. The molecule has 1 aromatic carbocycles. The number of hydrogen-bond acceptors (Lipinski definition) is 7. The molecule has 0 saturated carbocycles. The number of carbonyl (C=O) groups excluding carboxylic acids is 2. The first kappa shape index (κ1) is 18.9. The molecule has 1 aromatic rings. The quantitative estimate of drug-likeness (QED) is 0.755. The van der Waals surface area contributed by atoms with Gasteiger partial charge in [-0.15, -0.1) is 0 Å². The Balaban J connectivity index is 1.60. The predicted molar refractivity (Wildman–Crippen MR) is 94.1 cm³/mol. The van der Waals surface area contributed by atoms with E-state index in [9.17, 15) is 9.59 Å². The van der Waals surface area contributed by atoms with Crippen LogP contribution in [0.3, 0.4) is 0 Å². The minimum atomic E-state index is -0.731. The maximum atomic E-state index is 12.3. The Morgan fingerprint density at radius 2 is 1.81 bits per heavy atom. The van der Waals surface area contributed by atoms with Gasteiger partial charge in [-0.3, -0.25) is 4.79 Å². The Morgan fingerprint density at radius 1 is 1.07 bits per heavy atom. The van der Waals surface area contributed by atoms with Crippen molar-refractivity contribution in [2.24, 2.45) is 5.92 Å². The standard InChI is InChI=1S/C19H23NO7/c1-12(2)18(13-3-4-14-15(9-13)25-8-7-24-14)20-17(21)11-27-19(22)16-10-23-5-6-26-16/h3-4,9-10,12,18H,5-8,11H2,1-2H3,(H,20,21)/t18-/m0/s1. The van der Waals surface area contributed by atoms with Gasteiger partial charge in [0.05, 0.1) is 6.04 Å². The van der Waals surface area contributed by atoms with Gasteiger partial charge in [0.2, 0.25) is 5.76 Å². The molecule has 27 heavy (non-hydrogen) atoms. The summed E-state index contributed by atoms with van der Waals surface area (Å²) in [4.78, 5) is 24.1. The van der Waals surface area contributed by atoms with Crippen molar-refractivity contribution in [2.45, 2.75) is 19.9 Å². The topological polar surface area (TPSA) is 92.3 Å². The lowest BCUT2D eigenvalue weighted by molar-refractivity contribution is -0.149. The third kappa shape index (κ3) is 4.84. The van der Waals surface area contributed by atoms with Gasteiger partial charge in [0.25, 0.3) is 5.91 Å². The van der Waals surface area contributed by atoms with Crippen molar-refractivity contribution in [1.82, 2.24) is 5.32 Å². The minimum absolute atomic E-state index is 0.0405. The Hall–Kier alpha value is -2.90. The number of benzene rings is 1. The van der Waals surface area contributed by atoms with Crippen LogP contribution >= 0.6 is 0 Å². The average Bonchev–Trinajstić information content (AvgIpc) is 2.70. The third-order valence-electron chi connectivity index (χ3n) is 4.09. The van der Waals surface area contributed by atoms with E-state index in [1.54, 1.807) is 0 Å². The highest BCUT2D eigenvalue weighted by atomic mass is 16.6. The smallest absolute Gasteiger partial charge is 0.377 e.